The number of hydrogen-bond acceptors (Lipinski definition) is 5. The second kappa shape index (κ2) is 10.4. The maximum absolute atomic E-state index is 12.4. The third-order valence-electron chi connectivity index (χ3n) is 4.06. The topological polar surface area (TPSA) is 111 Å². The van der Waals surface area contributed by atoms with Gasteiger partial charge in [0.25, 0.3) is 5.91 Å². The van der Waals surface area contributed by atoms with Crippen LogP contribution in [0.1, 0.15) is 15.9 Å². The van der Waals surface area contributed by atoms with Gasteiger partial charge in [-0.1, -0.05) is 23.7 Å². The van der Waals surface area contributed by atoms with Gasteiger partial charge in [0.15, 0.2) is 0 Å². The van der Waals surface area contributed by atoms with E-state index in [0.717, 1.165) is 37.7 Å². The molecular formula is C19H20ClN3O5. The molecule has 3 rings (SSSR count). The number of rotatable bonds is 3. The number of carbonyl (C=O) groups is 3. The van der Waals surface area contributed by atoms with Crippen LogP contribution in [0.3, 0.4) is 0 Å². The number of carboxylic acid groups (broad SMARTS) is 2. The number of hydrogen-bond donors (Lipinski definition) is 2. The van der Waals surface area contributed by atoms with Crippen LogP contribution in [-0.2, 0) is 16.1 Å². The molecule has 1 saturated heterocycles. The van der Waals surface area contributed by atoms with E-state index in [4.69, 9.17) is 31.4 Å². The third kappa shape index (κ3) is 6.64. The maximum Gasteiger partial charge on any atom is 0.414 e. The van der Waals surface area contributed by atoms with Gasteiger partial charge < -0.3 is 15.1 Å². The number of carboxylic acids is 2. The molecule has 0 aliphatic carbocycles. The second-order valence-corrected chi connectivity index (χ2v) is 6.48. The van der Waals surface area contributed by atoms with E-state index in [1.165, 1.54) is 5.56 Å². The van der Waals surface area contributed by atoms with Crippen molar-refractivity contribution >= 4 is 29.4 Å². The van der Waals surface area contributed by atoms with Gasteiger partial charge in [0.05, 0.1) is 0 Å². The molecule has 8 nitrogen and oxygen atoms in total. The Hall–Kier alpha value is -2.97. The lowest BCUT2D eigenvalue weighted by Gasteiger charge is -2.34. The minimum absolute atomic E-state index is 0.0878. The van der Waals surface area contributed by atoms with Gasteiger partial charge in [-0.05, 0) is 29.8 Å². The van der Waals surface area contributed by atoms with Gasteiger partial charge in [-0.3, -0.25) is 14.7 Å². The van der Waals surface area contributed by atoms with Gasteiger partial charge in [0.1, 0.15) is 0 Å². The van der Waals surface area contributed by atoms with E-state index >= 15 is 0 Å². The molecule has 28 heavy (non-hydrogen) atoms. The summed E-state index contributed by atoms with van der Waals surface area (Å²) < 4.78 is 0. The van der Waals surface area contributed by atoms with Crippen molar-refractivity contribution in [2.75, 3.05) is 26.2 Å². The normalized spacial score (nSPS) is 14.0. The van der Waals surface area contributed by atoms with E-state index in [2.05, 4.69) is 16.0 Å². The molecule has 1 aliphatic heterocycles. The van der Waals surface area contributed by atoms with Crippen molar-refractivity contribution in [3.63, 3.8) is 0 Å². The van der Waals surface area contributed by atoms with Crippen LogP contribution in [0.5, 0.6) is 0 Å². The van der Waals surface area contributed by atoms with Crippen molar-refractivity contribution < 1.29 is 24.6 Å². The van der Waals surface area contributed by atoms with Crippen LogP contribution in [0.4, 0.5) is 0 Å². The molecule has 9 heteroatoms. The molecule has 1 amide bonds. The summed E-state index contributed by atoms with van der Waals surface area (Å²) in [5, 5.41) is 15.6. The van der Waals surface area contributed by atoms with Gasteiger partial charge in [-0.25, -0.2) is 9.59 Å². The average molecular weight is 406 g/mol. The largest absolute Gasteiger partial charge is 0.473 e. The molecule has 1 aliphatic rings. The van der Waals surface area contributed by atoms with Crippen molar-refractivity contribution in [1.29, 1.82) is 0 Å². The smallest absolute Gasteiger partial charge is 0.414 e. The SMILES string of the molecule is O=C(O)C(=O)O.O=C(c1ccncc1)N1CCN(Cc2cccc(Cl)c2)CC1. The summed E-state index contributed by atoms with van der Waals surface area (Å²) >= 11 is 6.02. The highest BCUT2D eigenvalue weighted by molar-refractivity contribution is 6.30. The first-order valence-electron chi connectivity index (χ1n) is 8.49. The predicted octanol–water partition coefficient (Wildman–Crippen LogP) is 1.85. The van der Waals surface area contributed by atoms with Crippen LogP contribution in [-0.4, -0.2) is 69.0 Å². The van der Waals surface area contributed by atoms with E-state index in [1.807, 2.05) is 23.1 Å². The third-order valence-corrected chi connectivity index (χ3v) is 4.30. The number of benzene rings is 1. The molecule has 2 heterocycles. The number of nitrogens with zero attached hydrogens (tertiary/aromatic N) is 3. The van der Waals surface area contributed by atoms with Crippen LogP contribution >= 0.6 is 11.6 Å². The Labute approximate surface area is 167 Å². The Kier molecular flexibility index (Phi) is 7.91. The summed E-state index contributed by atoms with van der Waals surface area (Å²) in [6.07, 6.45) is 3.31. The molecule has 1 aromatic carbocycles. The van der Waals surface area contributed by atoms with Crippen molar-refractivity contribution in [2.45, 2.75) is 6.54 Å². The number of piperazine rings is 1. The molecular weight excluding hydrogens is 386 g/mol. The Morgan fingerprint density at radius 1 is 0.964 bits per heavy atom. The van der Waals surface area contributed by atoms with E-state index in [9.17, 15) is 4.79 Å². The molecule has 1 aromatic heterocycles. The van der Waals surface area contributed by atoms with Crippen LogP contribution < -0.4 is 0 Å². The zero-order valence-corrected chi connectivity index (χ0v) is 15.7. The molecule has 0 spiro atoms. The van der Waals surface area contributed by atoms with E-state index < -0.39 is 11.9 Å². The fourth-order valence-corrected chi connectivity index (χ4v) is 2.89. The lowest BCUT2D eigenvalue weighted by molar-refractivity contribution is -0.159. The summed E-state index contributed by atoms with van der Waals surface area (Å²) in [6.45, 7) is 4.13. The Morgan fingerprint density at radius 2 is 1.57 bits per heavy atom. The highest BCUT2D eigenvalue weighted by Gasteiger charge is 2.22. The Balaban J connectivity index is 0.000000409. The summed E-state index contributed by atoms with van der Waals surface area (Å²) in [6, 6.07) is 11.5. The lowest BCUT2D eigenvalue weighted by atomic mass is 10.2. The standard InChI is InChI=1S/C17H18ClN3O.C2H2O4/c18-16-3-1-2-14(12-16)13-20-8-10-21(11-9-20)17(22)15-4-6-19-7-5-15;3-1(4)2(5)6/h1-7,12H,8-11,13H2;(H,3,4)(H,5,6). The monoisotopic (exact) mass is 405 g/mol. The number of carbonyl (C=O) groups excluding carboxylic acids is 1. The van der Waals surface area contributed by atoms with Gasteiger partial charge >= 0.3 is 11.9 Å². The first kappa shape index (κ1) is 21.3. The molecule has 2 aromatic rings. The number of aliphatic carboxylic acids is 2. The second-order valence-electron chi connectivity index (χ2n) is 6.04. The van der Waals surface area contributed by atoms with E-state index in [-0.39, 0.29) is 5.91 Å². The minimum atomic E-state index is -1.82. The van der Waals surface area contributed by atoms with Crippen LogP contribution in [0.2, 0.25) is 5.02 Å². The first-order valence-corrected chi connectivity index (χ1v) is 8.87. The Morgan fingerprint density at radius 3 is 2.11 bits per heavy atom. The zero-order chi connectivity index (χ0) is 20.5. The number of amides is 1. The van der Waals surface area contributed by atoms with Crippen molar-refractivity contribution in [2.24, 2.45) is 0 Å². The predicted molar refractivity (Wildman–Crippen MR) is 102 cm³/mol. The molecule has 2 N–H and O–H groups in total. The van der Waals surface area contributed by atoms with Crippen molar-refractivity contribution in [3.8, 4) is 0 Å². The number of aromatic nitrogens is 1. The van der Waals surface area contributed by atoms with Gasteiger partial charge in [0.2, 0.25) is 0 Å². The van der Waals surface area contributed by atoms with Crippen LogP contribution in [0.15, 0.2) is 48.8 Å². The first-order chi connectivity index (χ1) is 13.4. The Bertz CT molecular complexity index is 811. The molecule has 0 bridgehead atoms. The highest BCUT2D eigenvalue weighted by atomic mass is 35.5. The van der Waals surface area contributed by atoms with Crippen molar-refractivity contribution in [1.82, 2.24) is 14.8 Å². The maximum atomic E-state index is 12.4. The van der Waals surface area contributed by atoms with Crippen molar-refractivity contribution in [3.05, 3.63) is 64.9 Å². The summed E-state index contributed by atoms with van der Waals surface area (Å²) in [4.78, 5) is 38.8. The molecule has 0 atom stereocenters. The van der Waals surface area contributed by atoms with E-state index in [1.54, 1.807) is 24.5 Å². The zero-order valence-electron chi connectivity index (χ0n) is 15.0. The summed E-state index contributed by atoms with van der Waals surface area (Å²) in [5.41, 5.74) is 1.92. The van der Waals surface area contributed by atoms with Crippen LogP contribution in [0, 0.1) is 0 Å². The molecule has 148 valence electrons. The average Bonchev–Trinajstić information content (AvgIpc) is 2.69. The lowest BCUT2D eigenvalue weighted by Crippen LogP contribution is -2.48. The molecule has 0 unspecified atom stereocenters. The number of pyridine rings is 1. The highest BCUT2D eigenvalue weighted by Crippen LogP contribution is 2.14. The quantitative estimate of drug-likeness (QED) is 0.749. The molecule has 0 saturated carbocycles. The minimum Gasteiger partial charge on any atom is -0.473 e. The van der Waals surface area contributed by atoms with Gasteiger partial charge in [-0.15, -0.1) is 0 Å². The molecule has 1 fully saturated rings. The van der Waals surface area contributed by atoms with Crippen LogP contribution in [0.25, 0.3) is 0 Å². The van der Waals surface area contributed by atoms with E-state index in [0.29, 0.717) is 5.56 Å². The summed E-state index contributed by atoms with van der Waals surface area (Å²) in [7, 11) is 0. The molecule has 0 radical (unpaired) electrons. The fourth-order valence-electron chi connectivity index (χ4n) is 2.68. The van der Waals surface area contributed by atoms with Gasteiger partial charge in [0, 0.05) is 55.7 Å². The van der Waals surface area contributed by atoms with Gasteiger partial charge in [-0.2, -0.15) is 0 Å². The summed E-state index contributed by atoms with van der Waals surface area (Å²) in [5.74, 6) is -3.56. The fraction of sp³-hybridized carbons (Fsp3) is 0.263. The number of halogens is 1.